The SMILES string of the molecule is CCN(CC)c1ccc(-c2cc(C(N)=O)c(C)n2Cc2cccc(C)c2)cc1. The van der Waals surface area contributed by atoms with Gasteiger partial charge in [-0.1, -0.05) is 42.0 Å². The van der Waals surface area contributed by atoms with Crippen LogP contribution in [0.3, 0.4) is 0 Å². The van der Waals surface area contributed by atoms with Gasteiger partial charge in [0.25, 0.3) is 5.91 Å². The number of carbonyl (C=O) groups is 1. The van der Waals surface area contributed by atoms with Gasteiger partial charge < -0.3 is 15.2 Å². The first-order chi connectivity index (χ1) is 13.4. The Morgan fingerprint density at radius 2 is 1.68 bits per heavy atom. The van der Waals surface area contributed by atoms with E-state index in [9.17, 15) is 4.79 Å². The van der Waals surface area contributed by atoms with Crippen molar-refractivity contribution < 1.29 is 4.79 Å². The maximum absolute atomic E-state index is 11.9. The summed E-state index contributed by atoms with van der Waals surface area (Å²) >= 11 is 0. The second-order valence-electron chi connectivity index (χ2n) is 7.19. The first-order valence-electron chi connectivity index (χ1n) is 9.85. The van der Waals surface area contributed by atoms with Crippen LogP contribution in [-0.2, 0) is 6.54 Å². The first-order valence-corrected chi connectivity index (χ1v) is 9.85. The van der Waals surface area contributed by atoms with Gasteiger partial charge in [0.05, 0.1) is 5.56 Å². The normalized spacial score (nSPS) is 10.9. The molecule has 0 bridgehead atoms. The molecule has 28 heavy (non-hydrogen) atoms. The summed E-state index contributed by atoms with van der Waals surface area (Å²) in [6, 6.07) is 18.9. The van der Waals surface area contributed by atoms with Crippen molar-refractivity contribution in [1.29, 1.82) is 0 Å². The number of primary amides is 1. The standard InChI is InChI=1S/C24H29N3O/c1-5-26(6-2)21-12-10-20(11-13-21)23-15-22(24(25)28)18(4)27(23)16-19-9-7-8-17(3)14-19/h7-15H,5-6,16H2,1-4H3,(H2,25,28). The lowest BCUT2D eigenvalue weighted by atomic mass is 10.1. The first kappa shape index (κ1) is 19.7. The van der Waals surface area contributed by atoms with Crippen molar-refractivity contribution in [2.24, 2.45) is 5.73 Å². The molecule has 0 saturated carbocycles. The van der Waals surface area contributed by atoms with E-state index in [-0.39, 0.29) is 5.91 Å². The highest BCUT2D eigenvalue weighted by Gasteiger charge is 2.17. The minimum absolute atomic E-state index is 0.387. The number of amides is 1. The van der Waals surface area contributed by atoms with Crippen LogP contribution in [0.4, 0.5) is 5.69 Å². The molecule has 0 saturated heterocycles. The van der Waals surface area contributed by atoms with Crippen molar-refractivity contribution >= 4 is 11.6 Å². The van der Waals surface area contributed by atoms with Crippen LogP contribution in [0.2, 0.25) is 0 Å². The molecule has 1 aromatic heterocycles. The van der Waals surface area contributed by atoms with Crippen molar-refractivity contribution in [1.82, 2.24) is 4.57 Å². The van der Waals surface area contributed by atoms with E-state index in [4.69, 9.17) is 5.73 Å². The quantitative estimate of drug-likeness (QED) is 0.647. The Labute approximate surface area is 167 Å². The van der Waals surface area contributed by atoms with E-state index in [0.717, 1.165) is 30.0 Å². The Balaban J connectivity index is 2.04. The van der Waals surface area contributed by atoms with Crippen LogP contribution in [0.25, 0.3) is 11.3 Å². The summed E-state index contributed by atoms with van der Waals surface area (Å²) < 4.78 is 2.18. The predicted molar refractivity (Wildman–Crippen MR) is 117 cm³/mol. The summed E-state index contributed by atoms with van der Waals surface area (Å²) in [6.07, 6.45) is 0. The molecule has 146 valence electrons. The predicted octanol–water partition coefficient (Wildman–Crippen LogP) is 4.77. The minimum Gasteiger partial charge on any atom is -0.372 e. The second kappa shape index (κ2) is 8.34. The smallest absolute Gasteiger partial charge is 0.250 e. The Hall–Kier alpha value is -3.01. The molecule has 3 aromatic rings. The second-order valence-corrected chi connectivity index (χ2v) is 7.19. The van der Waals surface area contributed by atoms with E-state index in [2.05, 4.69) is 78.8 Å². The van der Waals surface area contributed by atoms with E-state index in [0.29, 0.717) is 12.1 Å². The van der Waals surface area contributed by atoms with E-state index >= 15 is 0 Å². The highest BCUT2D eigenvalue weighted by Crippen LogP contribution is 2.29. The van der Waals surface area contributed by atoms with E-state index in [1.807, 2.05) is 13.0 Å². The number of aromatic nitrogens is 1. The molecule has 4 heteroatoms. The van der Waals surface area contributed by atoms with Crippen molar-refractivity contribution in [3.05, 3.63) is 77.0 Å². The van der Waals surface area contributed by atoms with Gasteiger partial charge in [-0.25, -0.2) is 0 Å². The summed E-state index contributed by atoms with van der Waals surface area (Å²) in [5.41, 5.74) is 12.8. The largest absolute Gasteiger partial charge is 0.372 e. The highest BCUT2D eigenvalue weighted by atomic mass is 16.1. The molecule has 3 rings (SSSR count). The summed E-state index contributed by atoms with van der Waals surface area (Å²) in [4.78, 5) is 14.3. The van der Waals surface area contributed by atoms with E-state index < -0.39 is 0 Å². The van der Waals surface area contributed by atoms with E-state index in [1.165, 1.54) is 16.8 Å². The third-order valence-corrected chi connectivity index (χ3v) is 5.35. The topological polar surface area (TPSA) is 51.3 Å². The maximum atomic E-state index is 11.9. The molecule has 0 aliphatic carbocycles. The van der Waals surface area contributed by atoms with Crippen LogP contribution in [0.5, 0.6) is 0 Å². The van der Waals surface area contributed by atoms with Gasteiger partial charge in [0.2, 0.25) is 0 Å². The number of nitrogens with zero attached hydrogens (tertiary/aromatic N) is 2. The van der Waals surface area contributed by atoms with Crippen LogP contribution >= 0.6 is 0 Å². The van der Waals surface area contributed by atoms with Crippen molar-refractivity contribution in [2.45, 2.75) is 34.2 Å². The fourth-order valence-corrected chi connectivity index (χ4v) is 3.76. The molecule has 0 atom stereocenters. The van der Waals surface area contributed by atoms with Crippen molar-refractivity contribution in [3.8, 4) is 11.3 Å². The molecule has 0 unspecified atom stereocenters. The van der Waals surface area contributed by atoms with Crippen LogP contribution in [0, 0.1) is 13.8 Å². The summed E-state index contributed by atoms with van der Waals surface area (Å²) in [5.74, 6) is -0.387. The Kier molecular flexibility index (Phi) is 5.88. The summed E-state index contributed by atoms with van der Waals surface area (Å²) in [7, 11) is 0. The number of nitrogens with two attached hydrogens (primary N) is 1. The molecular formula is C24H29N3O. The third-order valence-electron chi connectivity index (χ3n) is 5.35. The number of rotatable bonds is 7. The zero-order valence-corrected chi connectivity index (χ0v) is 17.2. The molecular weight excluding hydrogens is 346 g/mol. The lowest BCUT2D eigenvalue weighted by Crippen LogP contribution is -2.21. The lowest BCUT2D eigenvalue weighted by molar-refractivity contribution is 0.0999. The highest BCUT2D eigenvalue weighted by molar-refractivity contribution is 5.95. The number of benzene rings is 2. The zero-order valence-electron chi connectivity index (χ0n) is 17.2. The van der Waals surface area contributed by atoms with Crippen LogP contribution in [-0.4, -0.2) is 23.6 Å². The van der Waals surface area contributed by atoms with Crippen LogP contribution < -0.4 is 10.6 Å². The molecule has 1 heterocycles. The number of aryl methyl sites for hydroxylation is 1. The van der Waals surface area contributed by atoms with Gasteiger partial charge in [0.15, 0.2) is 0 Å². The van der Waals surface area contributed by atoms with Gasteiger partial charge in [-0.3, -0.25) is 4.79 Å². The average Bonchev–Trinajstić information content (AvgIpc) is 3.00. The number of anilines is 1. The fraction of sp³-hybridized carbons (Fsp3) is 0.292. The number of carbonyl (C=O) groups excluding carboxylic acids is 1. The minimum atomic E-state index is -0.387. The Morgan fingerprint density at radius 3 is 2.25 bits per heavy atom. The molecule has 0 fully saturated rings. The van der Waals surface area contributed by atoms with Gasteiger partial charge in [0, 0.05) is 36.7 Å². The molecule has 2 aromatic carbocycles. The molecule has 0 spiro atoms. The lowest BCUT2D eigenvalue weighted by Gasteiger charge is -2.21. The summed E-state index contributed by atoms with van der Waals surface area (Å²) in [6.45, 7) is 11.0. The Morgan fingerprint density at radius 1 is 1.00 bits per heavy atom. The molecule has 0 aliphatic rings. The van der Waals surface area contributed by atoms with Gasteiger partial charge in [0.1, 0.15) is 0 Å². The van der Waals surface area contributed by atoms with Crippen LogP contribution in [0.15, 0.2) is 54.6 Å². The molecule has 4 nitrogen and oxygen atoms in total. The fourth-order valence-electron chi connectivity index (χ4n) is 3.76. The molecule has 1 amide bonds. The van der Waals surface area contributed by atoms with E-state index in [1.54, 1.807) is 0 Å². The van der Waals surface area contributed by atoms with Gasteiger partial charge >= 0.3 is 0 Å². The zero-order chi connectivity index (χ0) is 20.3. The Bertz CT molecular complexity index is 966. The van der Waals surface area contributed by atoms with Gasteiger partial charge in [-0.05, 0) is 57.0 Å². The van der Waals surface area contributed by atoms with Crippen molar-refractivity contribution in [2.75, 3.05) is 18.0 Å². The monoisotopic (exact) mass is 375 g/mol. The van der Waals surface area contributed by atoms with Crippen LogP contribution in [0.1, 0.15) is 41.0 Å². The third kappa shape index (κ3) is 3.96. The van der Waals surface area contributed by atoms with Crippen molar-refractivity contribution in [3.63, 3.8) is 0 Å². The maximum Gasteiger partial charge on any atom is 0.250 e. The van der Waals surface area contributed by atoms with Gasteiger partial charge in [-0.15, -0.1) is 0 Å². The average molecular weight is 376 g/mol. The molecule has 2 N–H and O–H groups in total. The molecule has 0 aliphatic heterocycles. The number of hydrogen-bond donors (Lipinski definition) is 1. The summed E-state index contributed by atoms with van der Waals surface area (Å²) in [5, 5.41) is 0. The molecule has 0 radical (unpaired) electrons. The number of hydrogen-bond acceptors (Lipinski definition) is 2. The van der Waals surface area contributed by atoms with Gasteiger partial charge in [-0.2, -0.15) is 0 Å².